The van der Waals surface area contributed by atoms with Crippen LogP contribution >= 0.6 is 25.0 Å². The van der Waals surface area contributed by atoms with Crippen LogP contribution in [0.2, 0.25) is 0 Å². The average Bonchev–Trinajstić information content (AvgIpc) is 3.65. The predicted octanol–water partition coefficient (Wildman–Crippen LogP) is 4.61. The highest BCUT2D eigenvalue weighted by atomic mass is 35.5. The van der Waals surface area contributed by atoms with Crippen LogP contribution in [0.1, 0.15) is 62.9 Å². The van der Waals surface area contributed by atoms with Crippen LogP contribution in [0, 0.1) is 11.7 Å². The molecule has 39 heavy (non-hydrogen) atoms. The molecule has 0 bridgehead atoms. The summed E-state index contributed by atoms with van der Waals surface area (Å²) >= 11 is 4.76. The second-order valence-electron chi connectivity index (χ2n) is 9.59. The Hall–Kier alpha value is -2.69. The quantitative estimate of drug-likeness (QED) is 0.307. The van der Waals surface area contributed by atoms with Crippen molar-refractivity contribution in [1.82, 2.24) is 14.7 Å². The number of thiol groups is 1. The highest BCUT2D eigenvalue weighted by molar-refractivity contribution is 7.81. The summed E-state index contributed by atoms with van der Waals surface area (Å²) in [4.78, 5) is 40.0. The molecule has 2 aliphatic rings. The van der Waals surface area contributed by atoms with Gasteiger partial charge in [0.2, 0.25) is 0 Å². The molecule has 1 aromatic carbocycles. The van der Waals surface area contributed by atoms with Gasteiger partial charge >= 0.3 is 11.9 Å². The van der Waals surface area contributed by atoms with Crippen LogP contribution in [0.4, 0.5) is 4.39 Å². The lowest BCUT2D eigenvalue weighted by Gasteiger charge is -2.37. The second kappa shape index (κ2) is 14.1. The fraction of sp³-hybridized carbons (Fsp3) is 0.500. The van der Waals surface area contributed by atoms with Crippen LogP contribution in [0.15, 0.2) is 42.1 Å². The third kappa shape index (κ3) is 7.70. The lowest BCUT2D eigenvalue weighted by atomic mass is 9.93. The third-order valence-corrected chi connectivity index (χ3v) is 7.41. The molecule has 8 nitrogen and oxygen atoms in total. The maximum atomic E-state index is 14.8. The minimum Gasteiger partial charge on any atom is -0.466 e. The Morgan fingerprint density at radius 3 is 2.51 bits per heavy atom. The third-order valence-electron chi connectivity index (χ3n) is 6.82. The van der Waals surface area contributed by atoms with Gasteiger partial charge in [0.25, 0.3) is 0 Å². The van der Waals surface area contributed by atoms with E-state index in [0.717, 1.165) is 18.4 Å². The van der Waals surface area contributed by atoms with Gasteiger partial charge in [-0.25, -0.2) is 9.18 Å². The zero-order chi connectivity index (χ0) is 27.2. The van der Waals surface area contributed by atoms with Crippen molar-refractivity contribution in [3.05, 3.63) is 59.2 Å². The number of nitrogens with zero attached hydrogens (tertiary/aromatic N) is 3. The minimum absolute atomic E-state index is 0. The van der Waals surface area contributed by atoms with Gasteiger partial charge < -0.3 is 9.47 Å². The number of likely N-dealkylation sites (tertiary alicyclic amines) is 1. The molecule has 1 saturated heterocycles. The molecular weight excluding hydrogens is 545 g/mol. The van der Waals surface area contributed by atoms with Crippen LogP contribution in [0.25, 0.3) is 6.08 Å². The summed E-state index contributed by atoms with van der Waals surface area (Å²) in [7, 11) is 0. The van der Waals surface area contributed by atoms with Gasteiger partial charge in [-0.15, -0.1) is 12.4 Å². The lowest BCUT2D eigenvalue weighted by Crippen LogP contribution is -2.42. The average molecular weight is 580 g/mol. The van der Waals surface area contributed by atoms with Crippen molar-refractivity contribution in [2.75, 3.05) is 26.3 Å². The molecule has 2 fully saturated rings. The number of carbonyl (C=O) groups is 3. The molecule has 2 heterocycles. The van der Waals surface area contributed by atoms with Gasteiger partial charge in [-0.1, -0.05) is 18.2 Å². The highest BCUT2D eigenvalue weighted by Gasteiger charge is 2.41. The molecule has 4 rings (SSSR count). The molecule has 3 unspecified atom stereocenters. The Morgan fingerprint density at radius 2 is 1.85 bits per heavy atom. The van der Waals surface area contributed by atoms with E-state index in [1.54, 1.807) is 44.3 Å². The molecule has 1 saturated carbocycles. The molecule has 3 atom stereocenters. The molecule has 0 N–H and O–H groups in total. The van der Waals surface area contributed by atoms with E-state index in [2.05, 4.69) is 5.10 Å². The first-order valence-electron chi connectivity index (χ1n) is 13.1. The first-order chi connectivity index (χ1) is 18.3. The topological polar surface area (TPSA) is 90.7 Å². The number of ether oxygens (including phenoxy) is 2. The van der Waals surface area contributed by atoms with Gasteiger partial charge in [-0.05, 0) is 56.9 Å². The van der Waals surface area contributed by atoms with Crippen LogP contribution in [-0.4, -0.2) is 64.0 Å². The Balaban J connectivity index is 0.00000420. The number of rotatable bonds is 11. The summed E-state index contributed by atoms with van der Waals surface area (Å²) in [6.07, 6.45) is 5.70. The van der Waals surface area contributed by atoms with Gasteiger partial charge in [-0.3, -0.25) is 19.2 Å². The smallest absolute Gasteiger partial charge is 0.331 e. The molecule has 0 spiro atoms. The van der Waals surface area contributed by atoms with Crippen LogP contribution < -0.4 is 0 Å². The van der Waals surface area contributed by atoms with Crippen molar-refractivity contribution >= 4 is 48.8 Å². The van der Waals surface area contributed by atoms with Crippen LogP contribution in [0.5, 0.6) is 0 Å². The number of halogens is 2. The predicted molar refractivity (Wildman–Crippen MR) is 150 cm³/mol. The molecule has 1 aliphatic carbocycles. The van der Waals surface area contributed by atoms with Crippen molar-refractivity contribution in [2.24, 2.45) is 5.92 Å². The van der Waals surface area contributed by atoms with Crippen LogP contribution in [0.3, 0.4) is 0 Å². The van der Waals surface area contributed by atoms with E-state index in [-0.39, 0.29) is 54.8 Å². The highest BCUT2D eigenvalue weighted by Crippen LogP contribution is 2.39. The van der Waals surface area contributed by atoms with Gasteiger partial charge in [0.05, 0.1) is 31.4 Å². The molecule has 212 valence electrons. The molecule has 0 amide bonds. The Kier molecular flexibility index (Phi) is 11.1. The number of Topliss-reactive ketones (excluding diaryl/α,β-unsaturated/α-hetero) is 1. The van der Waals surface area contributed by atoms with E-state index >= 15 is 0 Å². The summed E-state index contributed by atoms with van der Waals surface area (Å²) in [5.74, 6) is -1.41. The van der Waals surface area contributed by atoms with Crippen molar-refractivity contribution in [1.29, 1.82) is 0 Å². The lowest BCUT2D eigenvalue weighted by molar-refractivity contribution is -0.154. The summed E-state index contributed by atoms with van der Waals surface area (Å²) < 4.78 is 26.4. The SMILES string of the molecule is CCOC(=O)CC(C(=O)OCC)n1ccc(/C=C2/CN(C(C(=O)C3CC3)c3ccccc3F)CCC2S)n1.Cl. The monoisotopic (exact) mass is 579 g/mol. The van der Waals surface area contributed by atoms with Crippen molar-refractivity contribution in [3.63, 3.8) is 0 Å². The van der Waals surface area contributed by atoms with E-state index in [1.807, 2.05) is 11.0 Å². The van der Waals surface area contributed by atoms with Crippen LogP contribution in [-0.2, 0) is 23.9 Å². The number of ketones is 1. The van der Waals surface area contributed by atoms with Gasteiger partial charge in [0, 0.05) is 36.0 Å². The van der Waals surface area contributed by atoms with E-state index in [1.165, 1.54) is 10.7 Å². The second-order valence-corrected chi connectivity index (χ2v) is 10.2. The Labute approximate surface area is 239 Å². The normalized spacial score (nSPS) is 20.1. The van der Waals surface area contributed by atoms with Crippen molar-refractivity contribution < 1.29 is 28.2 Å². The number of benzene rings is 1. The number of carbonyl (C=O) groups excluding carboxylic acids is 3. The molecular formula is C28H35ClFN3O5S. The van der Waals surface area contributed by atoms with Crippen molar-refractivity contribution in [2.45, 2.75) is 56.9 Å². The number of aromatic nitrogens is 2. The first kappa shape index (κ1) is 30.8. The Morgan fingerprint density at radius 1 is 1.13 bits per heavy atom. The summed E-state index contributed by atoms with van der Waals surface area (Å²) in [5.41, 5.74) is 1.92. The van der Waals surface area contributed by atoms with Crippen molar-refractivity contribution in [3.8, 4) is 0 Å². The summed E-state index contributed by atoms with van der Waals surface area (Å²) in [6, 6.07) is 6.63. The molecule has 1 aliphatic heterocycles. The molecule has 1 aromatic heterocycles. The van der Waals surface area contributed by atoms with E-state index in [4.69, 9.17) is 22.1 Å². The summed E-state index contributed by atoms with van der Waals surface area (Å²) in [6.45, 7) is 4.83. The largest absolute Gasteiger partial charge is 0.466 e. The fourth-order valence-electron chi connectivity index (χ4n) is 4.77. The van der Waals surface area contributed by atoms with Gasteiger partial charge in [0.15, 0.2) is 11.8 Å². The summed E-state index contributed by atoms with van der Waals surface area (Å²) in [5, 5.41) is 4.46. The first-order valence-corrected chi connectivity index (χ1v) is 13.6. The molecule has 11 heteroatoms. The number of hydrogen-bond acceptors (Lipinski definition) is 8. The number of piperidine rings is 1. The van der Waals surface area contributed by atoms with E-state index in [0.29, 0.717) is 30.8 Å². The van der Waals surface area contributed by atoms with Gasteiger partial charge in [-0.2, -0.15) is 17.7 Å². The maximum Gasteiger partial charge on any atom is 0.331 e. The Bertz CT molecular complexity index is 1200. The fourth-order valence-corrected chi connectivity index (χ4v) is 5.04. The molecule has 0 radical (unpaired) electrons. The van der Waals surface area contributed by atoms with E-state index in [9.17, 15) is 18.8 Å². The van der Waals surface area contributed by atoms with E-state index < -0.39 is 24.0 Å². The zero-order valence-corrected chi connectivity index (χ0v) is 23.8. The molecule has 2 aromatic rings. The zero-order valence-electron chi connectivity index (χ0n) is 22.1. The standard InChI is InChI=1S/C28H34FN3O5S.ClH/c1-3-36-25(33)16-23(28(35)37-4-2)32-14-11-20(30-32)15-19-17-31(13-12-24(19)38)26(27(34)18-9-10-18)21-7-5-6-8-22(21)29;/h5-8,11,14-15,18,23-24,26,38H,3-4,9-10,12-13,16-17H2,1-2H3;1H/b19-15-;. The number of hydrogen-bond donors (Lipinski definition) is 1. The van der Waals surface area contributed by atoms with Gasteiger partial charge in [0.1, 0.15) is 5.82 Å². The maximum absolute atomic E-state index is 14.8. The number of esters is 2. The minimum atomic E-state index is -0.947.